The van der Waals surface area contributed by atoms with Crippen molar-refractivity contribution in [2.24, 2.45) is 0 Å². The number of aromatic nitrogens is 1. The summed E-state index contributed by atoms with van der Waals surface area (Å²) < 4.78 is 0.932. The van der Waals surface area contributed by atoms with Crippen molar-refractivity contribution >= 4 is 28.0 Å². The lowest BCUT2D eigenvalue weighted by atomic mass is 10.1. The zero-order valence-corrected chi connectivity index (χ0v) is 12.3. The number of hydrogen-bond acceptors (Lipinski definition) is 4. The SMILES string of the molecule is CCNc1cc(NCC)c2c(c1)cc(NCC)c[n+]2[O-]. The third-order valence-electron chi connectivity index (χ3n) is 3.06. The lowest BCUT2D eigenvalue weighted by Crippen LogP contribution is -2.28. The first-order valence-corrected chi connectivity index (χ1v) is 7.12. The minimum atomic E-state index is 0.676. The van der Waals surface area contributed by atoms with Gasteiger partial charge < -0.3 is 21.2 Å². The zero-order chi connectivity index (χ0) is 14.5. The summed E-state index contributed by atoms with van der Waals surface area (Å²) in [5.41, 5.74) is 3.39. The number of nitrogens with zero attached hydrogens (tertiary/aromatic N) is 1. The van der Waals surface area contributed by atoms with Crippen LogP contribution in [0.4, 0.5) is 17.1 Å². The van der Waals surface area contributed by atoms with Crippen LogP contribution >= 0.6 is 0 Å². The Kier molecular flexibility index (Phi) is 4.50. The fraction of sp³-hybridized carbons (Fsp3) is 0.400. The van der Waals surface area contributed by atoms with E-state index in [2.05, 4.69) is 22.9 Å². The molecule has 0 fully saturated rings. The lowest BCUT2D eigenvalue weighted by molar-refractivity contribution is -0.575. The molecule has 1 aromatic heterocycles. The molecule has 0 saturated heterocycles. The normalized spacial score (nSPS) is 10.6. The third kappa shape index (κ3) is 2.87. The van der Waals surface area contributed by atoms with Crippen LogP contribution in [0.3, 0.4) is 0 Å². The van der Waals surface area contributed by atoms with Gasteiger partial charge in [-0.25, -0.2) is 0 Å². The number of rotatable bonds is 6. The highest BCUT2D eigenvalue weighted by Crippen LogP contribution is 2.27. The Morgan fingerprint density at radius 2 is 1.50 bits per heavy atom. The molecule has 3 N–H and O–H groups in total. The van der Waals surface area contributed by atoms with Gasteiger partial charge in [0.25, 0.3) is 0 Å². The van der Waals surface area contributed by atoms with Gasteiger partial charge in [-0.1, -0.05) is 0 Å². The fourth-order valence-corrected chi connectivity index (χ4v) is 2.34. The quantitative estimate of drug-likeness (QED) is 0.560. The van der Waals surface area contributed by atoms with E-state index >= 15 is 0 Å². The second kappa shape index (κ2) is 6.32. The van der Waals surface area contributed by atoms with E-state index in [0.29, 0.717) is 5.52 Å². The van der Waals surface area contributed by atoms with Gasteiger partial charge in [0.15, 0.2) is 0 Å². The van der Waals surface area contributed by atoms with Crippen LogP contribution < -0.4 is 20.7 Å². The highest BCUT2D eigenvalue weighted by Gasteiger charge is 2.13. The Hall–Kier alpha value is -2.17. The van der Waals surface area contributed by atoms with Gasteiger partial charge in [0, 0.05) is 25.3 Å². The maximum atomic E-state index is 12.3. The molecule has 0 aliphatic rings. The van der Waals surface area contributed by atoms with E-state index < -0.39 is 0 Å². The van der Waals surface area contributed by atoms with Crippen LogP contribution in [0.1, 0.15) is 20.8 Å². The molecule has 0 aliphatic carbocycles. The smallest absolute Gasteiger partial charge is 0.247 e. The highest BCUT2D eigenvalue weighted by molar-refractivity contribution is 5.93. The van der Waals surface area contributed by atoms with Crippen molar-refractivity contribution in [2.45, 2.75) is 20.8 Å². The fourth-order valence-electron chi connectivity index (χ4n) is 2.34. The average Bonchev–Trinajstić information content (AvgIpc) is 2.39. The molecule has 0 unspecified atom stereocenters. The van der Waals surface area contributed by atoms with Crippen LogP contribution in [0.5, 0.6) is 0 Å². The van der Waals surface area contributed by atoms with Gasteiger partial charge in [0.05, 0.1) is 5.39 Å². The van der Waals surface area contributed by atoms with Crippen molar-refractivity contribution in [2.75, 3.05) is 35.6 Å². The summed E-state index contributed by atoms with van der Waals surface area (Å²) in [4.78, 5) is 0. The van der Waals surface area contributed by atoms with E-state index in [4.69, 9.17) is 0 Å². The Labute approximate surface area is 119 Å². The predicted molar refractivity (Wildman–Crippen MR) is 85.4 cm³/mol. The highest BCUT2D eigenvalue weighted by atomic mass is 16.5. The number of fused-ring (bicyclic) bond motifs is 1. The first-order valence-electron chi connectivity index (χ1n) is 7.12. The average molecular weight is 274 g/mol. The summed E-state index contributed by atoms with van der Waals surface area (Å²) in [5, 5.41) is 22.9. The largest absolute Gasteiger partial charge is 0.618 e. The molecule has 20 heavy (non-hydrogen) atoms. The molecule has 1 aromatic carbocycles. The van der Waals surface area contributed by atoms with Crippen molar-refractivity contribution in [1.29, 1.82) is 0 Å². The number of hydrogen-bond donors (Lipinski definition) is 3. The van der Waals surface area contributed by atoms with Gasteiger partial charge in [-0.2, -0.15) is 4.73 Å². The molecule has 5 nitrogen and oxygen atoms in total. The van der Waals surface area contributed by atoms with E-state index in [9.17, 15) is 5.21 Å². The summed E-state index contributed by atoms with van der Waals surface area (Å²) in [7, 11) is 0. The topological polar surface area (TPSA) is 63.0 Å². The molecule has 0 saturated carbocycles. The predicted octanol–water partition coefficient (Wildman–Crippen LogP) is 2.77. The van der Waals surface area contributed by atoms with Gasteiger partial charge in [0.2, 0.25) is 11.7 Å². The second-order valence-electron chi connectivity index (χ2n) is 4.61. The van der Waals surface area contributed by atoms with Crippen LogP contribution in [0.15, 0.2) is 24.4 Å². The molecule has 0 amide bonds. The molecule has 2 rings (SSSR count). The summed E-state index contributed by atoms with van der Waals surface area (Å²) in [6, 6.07) is 6.00. The van der Waals surface area contributed by atoms with Crippen LogP contribution in [0.2, 0.25) is 0 Å². The molecule has 0 atom stereocenters. The van der Waals surface area contributed by atoms with Crippen molar-refractivity contribution < 1.29 is 4.73 Å². The van der Waals surface area contributed by atoms with Gasteiger partial charge in [-0.3, -0.25) is 0 Å². The Morgan fingerprint density at radius 1 is 0.900 bits per heavy atom. The van der Waals surface area contributed by atoms with E-state index in [1.807, 2.05) is 32.0 Å². The minimum Gasteiger partial charge on any atom is -0.618 e. The second-order valence-corrected chi connectivity index (χ2v) is 4.61. The first kappa shape index (κ1) is 14.2. The number of pyridine rings is 1. The molecule has 108 valence electrons. The maximum Gasteiger partial charge on any atom is 0.247 e. The Bertz CT molecular complexity index is 593. The molecule has 1 heterocycles. The number of benzene rings is 1. The van der Waals surface area contributed by atoms with Crippen molar-refractivity contribution in [3.8, 4) is 0 Å². The van der Waals surface area contributed by atoms with Gasteiger partial charge >= 0.3 is 0 Å². The van der Waals surface area contributed by atoms with Gasteiger partial charge in [0.1, 0.15) is 11.4 Å². The first-order chi connectivity index (χ1) is 9.69. The molecular formula is C15H22N4O. The van der Waals surface area contributed by atoms with Crippen molar-refractivity contribution in [3.05, 3.63) is 29.6 Å². The summed E-state index contributed by atoms with van der Waals surface area (Å²) in [5.74, 6) is 0. The van der Waals surface area contributed by atoms with Crippen molar-refractivity contribution in [1.82, 2.24) is 0 Å². The lowest BCUT2D eigenvalue weighted by Gasteiger charge is -2.13. The van der Waals surface area contributed by atoms with E-state index in [1.54, 1.807) is 6.20 Å². The molecule has 0 spiro atoms. The molecule has 5 heteroatoms. The maximum absolute atomic E-state index is 12.3. The van der Waals surface area contributed by atoms with Crippen molar-refractivity contribution in [3.63, 3.8) is 0 Å². The van der Waals surface area contributed by atoms with Gasteiger partial charge in [-0.15, -0.1) is 0 Å². The molecule has 2 aromatic rings. The van der Waals surface area contributed by atoms with Crippen LogP contribution in [0, 0.1) is 5.21 Å². The zero-order valence-electron chi connectivity index (χ0n) is 12.3. The van der Waals surface area contributed by atoms with E-state index in [0.717, 1.165) is 46.8 Å². The summed E-state index contributed by atoms with van der Waals surface area (Å²) in [6.45, 7) is 8.51. The Balaban J connectivity index is 2.61. The number of nitrogens with one attached hydrogen (secondary N) is 3. The molecular weight excluding hydrogens is 252 g/mol. The third-order valence-corrected chi connectivity index (χ3v) is 3.06. The molecule has 0 aliphatic heterocycles. The van der Waals surface area contributed by atoms with E-state index in [1.165, 1.54) is 0 Å². The Morgan fingerprint density at radius 3 is 2.15 bits per heavy atom. The van der Waals surface area contributed by atoms with Crippen LogP contribution in [0.25, 0.3) is 10.9 Å². The monoisotopic (exact) mass is 274 g/mol. The summed E-state index contributed by atoms with van der Waals surface area (Å²) >= 11 is 0. The number of anilines is 3. The van der Waals surface area contributed by atoms with Crippen LogP contribution in [-0.2, 0) is 0 Å². The van der Waals surface area contributed by atoms with Gasteiger partial charge in [-0.05, 0) is 39.0 Å². The molecule has 0 radical (unpaired) electrons. The minimum absolute atomic E-state index is 0.676. The standard InChI is InChI=1S/C15H22N4O/c1-4-16-12-7-11-8-13(17-5-2)10-19(20)15(11)14(9-12)18-6-3/h7-10,16-18H,4-6H2,1-3H3. The summed E-state index contributed by atoms with van der Waals surface area (Å²) in [6.07, 6.45) is 1.58. The van der Waals surface area contributed by atoms with Crippen LogP contribution in [-0.4, -0.2) is 19.6 Å². The van der Waals surface area contributed by atoms with E-state index in [-0.39, 0.29) is 0 Å². The molecule has 0 bridgehead atoms.